The molecular weight excluding hydrogens is 338 g/mol. The fourth-order valence-corrected chi connectivity index (χ4v) is 3.58. The molecular formula is C22H29N3O2. The van der Waals surface area contributed by atoms with Crippen LogP contribution in [0, 0.1) is 0 Å². The second kappa shape index (κ2) is 8.91. The molecule has 1 aliphatic heterocycles. The van der Waals surface area contributed by atoms with Crippen LogP contribution >= 0.6 is 0 Å². The van der Waals surface area contributed by atoms with E-state index in [1.165, 1.54) is 0 Å². The number of urea groups is 1. The van der Waals surface area contributed by atoms with Gasteiger partial charge in [0.05, 0.1) is 7.11 Å². The third kappa shape index (κ3) is 5.01. The van der Waals surface area contributed by atoms with E-state index in [0.29, 0.717) is 6.04 Å². The average molecular weight is 367 g/mol. The zero-order valence-electron chi connectivity index (χ0n) is 16.4. The van der Waals surface area contributed by atoms with Crippen LogP contribution in [0.4, 0.5) is 10.5 Å². The maximum absolute atomic E-state index is 12.7. The van der Waals surface area contributed by atoms with E-state index in [9.17, 15) is 4.79 Å². The monoisotopic (exact) mass is 367 g/mol. The lowest BCUT2D eigenvalue weighted by Gasteiger charge is -2.23. The largest absolute Gasteiger partial charge is 0.497 e. The van der Waals surface area contributed by atoms with Gasteiger partial charge in [-0.25, -0.2) is 4.79 Å². The number of ether oxygens (including phenoxy) is 1. The SMILES string of the molecule is COc1cccc(-c2cccc(NC(=O)N3CCCC(N(C)C)CC3)c2)c1. The first-order valence-corrected chi connectivity index (χ1v) is 9.53. The van der Waals surface area contributed by atoms with Crippen LogP contribution in [-0.4, -0.2) is 56.2 Å². The summed E-state index contributed by atoms with van der Waals surface area (Å²) in [5, 5.41) is 3.06. The second-order valence-corrected chi connectivity index (χ2v) is 7.28. The molecule has 0 aromatic heterocycles. The molecule has 2 amide bonds. The predicted octanol–water partition coefficient (Wildman–Crippen LogP) is 4.31. The first kappa shape index (κ1) is 19.2. The van der Waals surface area contributed by atoms with Crippen molar-refractivity contribution in [3.63, 3.8) is 0 Å². The molecule has 1 heterocycles. The smallest absolute Gasteiger partial charge is 0.321 e. The standard InChI is InChI=1S/C22H29N3O2/c1-24(2)20-10-6-13-25(14-12-20)22(26)23-19-9-4-7-17(15-19)18-8-5-11-21(16-18)27-3/h4-5,7-9,11,15-16,20H,6,10,12-14H2,1-3H3,(H,23,26). The molecule has 27 heavy (non-hydrogen) atoms. The van der Waals surface area contributed by atoms with E-state index < -0.39 is 0 Å². The maximum atomic E-state index is 12.7. The van der Waals surface area contributed by atoms with Crippen LogP contribution in [0.1, 0.15) is 19.3 Å². The number of rotatable bonds is 4. The first-order chi connectivity index (χ1) is 13.1. The molecule has 144 valence electrons. The summed E-state index contributed by atoms with van der Waals surface area (Å²) < 4.78 is 5.31. The highest BCUT2D eigenvalue weighted by molar-refractivity contribution is 5.90. The number of benzene rings is 2. The van der Waals surface area contributed by atoms with Gasteiger partial charge in [-0.2, -0.15) is 0 Å². The number of methoxy groups -OCH3 is 1. The van der Waals surface area contributed by atoms with Crippen LogP contribution in [0.15, 0.2) is 48.5 Å². The Morgan fingerprint density at radius 2 is 1.81 bits per heavy atom. The number of amides is 2. The highest BCUT2D eigenvalue weighted by Crippen LogP contribution is 2.26. The van der Waals surface area contributed by atoms with E-state index in [2.05, 4.69) is 24.3 Å². The summed E-state index contributed by atoms with van der Waals surface area (Å²) >= 11 is 0. The van der Waals surface area contributed by atoms with Crippen LogP contribution in [0.5, 0.6) is 5.75 Å². The van der Waals surface area contributed by atoms with Crippen LogP contribution in [0.2, 0.25) is 0 Å². The molecule has 0 radical (unpaired) electrons. The van der Waals surface area contributed by atoms with Crippen molar-refractivity contribution >= 4 is 11.7 Å². The molecule has 5 heteroatoms. The highest BCUT2D eigenvalue weighted by Gasteiger charge is 2.21. The lowest BCUT2D eigenvalue weighted by atomic mass is 10.0. The predicted molar refractivity (Wildman–Crippen MR) is 110 cm³/mol. The summed E-state index contributed by atoms with van der Waals surface area (Å²) in [7, 11) is 5.90. The zero-order chi connectivity index (χ0) is 19.2. The van der Waals surface area contributed by atoms with E-state index in [1.54, 1.807) is 7.11 Å². The molecule has 1 fully saturated rings. The average Bonchev–Trinajstić information content (AvgIpc) is 2.95. The van der Waals surface area contributed by atoms with Gasteiger partial charge in [0.25, 0.3) is 0 Å². The number of nitrogens with one attached hydrogen (secondary N) is 1. The quantitative estimate of drug-likeness (QED) is 0.876. The van der Waals surface area contributed by atoms with Gasteiger partial charge >= 0.3 is 6.03 Å². The van der Waals surface area contributed by atoms with Gasteiger partial charge in [-0.1, -0.05) is 24.3 Å². The summed E-state index contributed by atoms with van der Waals surface area (Å²) in [4.78, 5) is 16.9. The lowest BCUT2D eigenvalue weighted by Crippen LogP contribution is -2.36. The van der Waals surface area contributed by atoms with Crippen molar-refractivity contribution in [1.82, 2.24) is 9.80 Å². The molecule has 2 aromatic rings. The summed E-state index contributed by atoms with van der Waals surface area (Å²) in [6.07, 6.45) is 3.20. The fraction of sp³-hybridized carbons (Fsp3) is 0.409. The number of hydrogen-bond donors (Lipinski definition) is 1. The summed E-state index contributed by atoms with van der Waals surface area (Å²) in [5.74, 6) is 0.821. The van der Waals surface area contributed by atoms with Gasteiger partial charge < -0.3 is 19.9 Å². The van der Waals surface area contributed by atoms with Crippen molar-refractivity contribution in [2.24, 2.45) is 0 Å². The Balaban J connectivity index is 1.68. The minimum absolute atomic E-state index is 0.0165. The Hall–Kier alpha value is -2.53. The van der Waals surface area contributed by atoms with E-state index >= 15 is 0 Å². The maximum Gasteiger partial charge on any atom is 0.321 e. The molecule has 1 unspecified atom stereocenters. The molecule has 0 bridgehead atoms. The minimum atomic E-state index is -0.0165. The molecule has 0 spiro atoms. The Morgan fingerprint density at radius 1 is 1.07 bits per heavy atom. The number of carbonyl (C=O) groups is 1. The zero-order valence-corrected chi connectivity index (χ0v) is 16.4. The van der Waals surface area contributed by atoms with Gasteiger partial charge in [0.15, 0.2) is 0 Å². The van der Waals surface area contributed by atoms with Crippen molar-refractivity contribution in [2.45, 2.75) is 25.3 Å². The first-order valence-electron chi connectivity index (χ1n) is 9.53. The number of nitrogens with zero attached hydrogens (tertiary/aromatic N) is 2. The normalized spacial score (nSPS) is 17.5. The molecule has 3 rings (SSSR count). The van der Waals surface area contributed by atoms with Gasteiger partial charge in [-0.15, -0.1) is 0 Å². The van der Waals surface area contributed by atoms with Crippen molar-refractivity contribution in [1.29, 1.82) is 0 Å². The number of carbonyl (C=O) groups excluding carboxylic acids is 1. The molecule has 1 aliphatic rings. The van der Waals surface area contributed by atoms with E-state index in [-0.39, 0.29) is 6.03 Å². The summed E-state index contributed by atoms with van der Waals surface area (Å²) in [6, 6.07) is 16.4. The van der Waals surface area contributed by atoms with Gasteiger partial charge in [-0.3, -0.25) is 0 Å². The molecule has 2 aromatic carbocycles. The van der Waals surface area contributed by atoms with Crippen molar-refractivity contribution in [3.8, 4) is 16.9 Å². The third-order valence-corrected chi connectivity index (χ3v) is 5.23. The van der Waals surface area contributed by atoms with Gasteiger partial charge in [0.2, 0.25) is 0 Å². The fourth-order valence-electron chi connectivity index (χ4n) is 3.58. The topological polar surface area (TPSA) is 44.8 Å². The lowest BCUT2D eigenvalue weighted by molar-refractivity contribution is 0.210. The van der Waals surface area contributed by atoms with Crippen LogP contribution in [0.25, 0.3) is 11.1 Å². The summed E-state index contributed by atoms with van der Waals surface area (Å²) in [5.41, 5.74) is 2.93. The molecule has 0 aliphatic carbocycles. The molecule has 1 saturated heterocycles. The molecule has 0 saturated carbocycles. The van der Waals surface area contributed by atoms with E-state index in [0.717, 1.165) is 54.9 Å². The second-order valence-electron chi connectivity index (χ2n) is 7.28. The number of anilines is 1. The number of likely N-dealkylation sites (tertiary alicyclic amines) is 1. The van der Waals surface area contributed by atoms with Gasteiger partial charge in [-0.05, 0) is 68.8 Å². The van der Waals surface area contributed by atoms with Gasteiger partial charge in [0.1, 0.15) is 5.75 Å². The Kier molecular flexibility index (Phi) is 6.35. The molecule has 1 atom stereocenters. The highest BCUT2D eigenvalue weighted by atomic mass is 16.5. The molecule has 1 N–H and O–H groups in total. The third-order valence-electron chi connectivity index (χ3n) is 5.23. The molecule has 5 nitrogen and oxygen atoms in total. The Morgan fingerprint density at radius 3 is 2.56 bits per heavy atom. The minimum Gasteiger partial charge on any atom is -0.497 e. The van der Waals surface area contributed by atoms with Gasteiger partial charge in [0, 0.05) is 24.8 Å². The van der Waals surface area contributed by atoms with Crippen LogP contribution in [0.3, 0.4) is 0 Å². The van der Waals surface area contributed by atoms with Crippen LogP contribution in [-0.2, 0) is 0 Å². The van der Waals surface area contributed by atoms with Crippen LogP contribution < -0.4 is 10.1 Å². The summed E-state index contributed by atoms with van der Waals surface area (Å²) in [6.45, 7) is 1.61. The van der Waals surface area contributed by atoms with Crippen molar-refractivity contribution in [3.05, 3.63) is 48.5 Å². The number of hydrogen-bond acceptors (Lipinski definition) is 3. The van der Waals surface area contributed by atoms with E-state index in [1.807, 2.05) is 53.4 Å². The van der Waals surface area contributed by atoms with E-state index in [4.69, 9.17) is 4.74 Å². The van der Waals surface area contributed by atoms with Crippen molar-refractivity contribution in [2.75, 3.05) is 39.6 Å². The Bertz CT molecular complexity index is 776. The van der Waals surface area contributed by atoms with Crippen molar-refractivity contribution < 1.29 is 9.53 Å². The Labute approximate surface area is 161 Å².